The molecule has 1 amide bonds. The highest BCUT2D eigenvalue weighted by Gasteiger charge is 2.48. The number of rotatable bonds is 4. The smallest absolute Gasteiger partial charge is 0.296 e. The second-order valence-corrected chi connectivity index (χ2v) is 11.2. The van der Waals surface area contributed by atoms with E-state index in [0.29, 0.717) is 33.0 Å². The van der Waals surface area contributed by atoms with Crippen molar-refractivity contribution in [1.29, 1.82) is 0 Å². The van der Waals surface area contributed by atoms with E-state index in [9.17, 15) is 14.1 Å². The minimum atomic E-state index is -2.54. The first-order valence-corrected chi connectivity index (χ1v) is 12.8. The molecular weight excluding hydrogens is 472 g/mol. The number of amides is 1. The van der Waals surface area contributed by atoms with Gasteiger partial charge in [0, 0.05) is 33.4 Å². The number of hydrogen-bond donors (Lipinski definition) is 2. The van der Waals surface area contributed by atoms with Gasteiger partial charge in [-0.3, -0.25) is 4.79 Å². The first-order chi connectivity index (χ1) is 15.7. The van der Waals surface area contributed by atoms with Crippen LogP contribution in [0.2, 0.25) is 5.02 Å². The Morgan fingerprint density at radius 1 is 1.21 bits per heavy atom. The van der Waals surface area contributed by atoms with E-state index in [1.807, 2.05) is 0 Å². The Hall–Kier alpha value is -2.57. The Bertz CT molecular complexity index is 1340. The van der Waals surface area contributed by atoms with Crippen LogP contribution in [-0.4, -0.2) is 80.3 Å². The molecule has 174 valence electrons. The van der Waals surface area contributed by atoms with Crippen LogP contribution >= 0.6 is 11.6 Å². The van der Waals surface area contributed by atoms with Crippen LogP contribution in [0.3, 0.4) is 0 Å². The molecule has 2 N–H and O–H groups in total. The molecule has 0 aliphatic carbocycles. The number of pyridine rings is 1. The lowest BCUT2D eigenvalue weighted by molar-refractivity contribution is 0.00706. The number of imidazole rings is 1. The minimum absolute atomic E-state index is 0.212. The van der Waals surface area contributed by atoms with Gasteiger partial charge in [-0.15, -0.1) is 0 Å². The van der Waals surface area contributed by atoms with Gasteiger partial charge in [0.1, 0.15) is 18.3 Å². The molecule has 3 aromatic rings. The molecule has 2 saturated heterocycles. The number of aliphatic hydroxyl groups is 1. The largest absolute Gasteiger partial charge is 0.456 e. The fraction of sp³-hybridized carbons (Fsp3) is 0.381. The van der Waals surface area contributed by atoms with Crippen molar-refractivity contribution in [2.24, 2.45) is 4.36 Å². The number of aliphatic hydroxyl groups excluding tert-OH is 1. The van der Waals surface area contributed by atoms with Crippen molar-refractivity contribution in [3.05, 3.63) is 40.9 Å². The predicted octanol–water partition coefficient (Wildman–Crippen LogP) is 2.05. The molecule has 1 aromatic carbocycles. The van der Waals surface area contributed by atoms with Crippen LogP contribution in [0.25, 0.3) is 22.4 Å². The summed E-state index contributed by atoms with van der Waals surface area (Å²) in [6.45, 7) is 0.495. The molecule has 2 aliphatic heterocycles. The number of aromatic nitrogens is 3. The minimum Gasteiger partial charge on any atom is -0.456 e. The zero-order valence-corrected chi connectivity index (χ0v) is 19.3. The van der Waals surface area contributed by atoms with Crippen molar-refractivity contribution in [2.45, 2.75) is 24.4 Å². The van der Waals surface area contributed by atoms with Crippen molar-refractivity contribution >= 4 is 38.4 Å². The number of hydrogen-bond acceptors (Lipinski definition) is 8. The number of H-pyrrole nitrogens is 1. The summed E-state index contributed by atoms with van der Waals surface area (Å²) in [5, 5.41) is 10.3. The van der Waals surface area contributed by atoms with Gasteiger partial charge in [-0.25, -0.2) is 9.19 Å². The summed E-state index contributed by atoms with van der Waals surface area (Å²) >= 11 is 6.45. The van der Waals surface area contributed by atoms with Crippen LogP contribution in [0.15, 0.2) is 34.7 Å². The molecule has 5 rings (SSSR count). The molecule has 4 heterocycles. The van der Waals surface area contributed by atoms with Gasteiger partial charge in [0.05, 0.1) is 29.4 Å². The normalized spacial score (nSPS) is 24.7. The fourth-order valence-corrected chi connectivity index (χ4v) is 4.63. The number of ether oxygens (including phenoxy) is 3. The molecule has 0 spiro atoms. The van der Waals surface area contributed by atoms with Crippen molar-refractivity contribution in [3.63, 3.8) is 0 Å². The van der Waals surface area contributed by atoms with Gasteiger partial charge in [-0.05, 0) is 18.2 Å². The Morgan fingerprint density at radius 2 is 1.94 bits per heavy atom. The number of carbonyl (C=O) groups is 1. The van der Waals surface area contributed by atoms with Gasteiger partial charge in [-0.1, -0.05) is 23.7 Å². The molecule has 2 aliphatic rings. The molecule has 12 heteroatoms. The summed E-state index contributed by atoms with van der Waals surface area (Å²) in [5.74, 6) is -0.544. The molecule has 2 fully saturated rings. The molecule has 0 saturated carbocycles. The van der Waals surface area contributed by atoms with E-state index >= 15 is 0 Å². The summed E-state index contributed by atoms with van der Waals surface area (Å²) in [6, 6.07) is 8.49. The van der Waals surface area contributed by atoms with Crippen LogP contribution in [0.5, 0.6) is 6.01 Å². The maximum absolute atomic E-state index is 12.1. The average Bonchev–Trinajstić information content (AvgIpc) is 3.43. The topological polar surface area (TPSA) is 136 Å². The van der Waals surface area contributed by atoms with Gasteiger partial charge >= 0.3 is 0 Å². The van der Waals surface area contributed by atoms with E-state index in [2.05, 4.69) is 19.3 Å². The average molecular weight is 493 g/mol. The summed E-state index contributed by atoms with van der Waals surface area (Å²) in [4.78, 5) is 24.1. The second-order valence-electron chi connectivity index (χ2n) is 8.21. The lowest BCUT2D eigenvalue weighted by Crippen LogP contribution is -2.34. The van der Waals surface area contributed by atoms with E-state index in [4.69, 9.17) is 25.8 Å². The third kappa shape index (κ3) is 4.46. The highest BCUT2D eigenvalue weighted by atomic mass is 35.5. The van der Waals surface area contributed by atoms with Crippen molar-refractivity contribution < 1.29 is 28.3 Å². The molecule has 0 bridgehead atoms. The Balaban J connectivity index is 1.38. The zero-order valence-electron chi connectivity index (χ0n) is 17.7. The van der Waals surface area contributed by atoms with E-state index in [1.165, 1.54) is 12.5 Å². The molecule has 33 heavy (non-hydrogen) atoms. The fourth-order valence-electron chi connectivity index (χ4n) is 3.87. The Kier molecular flexibility index (Phi) is 5.61. The van der Waals surface area contributed by atoms with Crippen molar-refractivity contribution in [2.75, 3.05) is 25.7 Å². The van der Waals surface area contributed by atoms with E-state index in [1.54, 1.807) is 30.3 Å². The first-order valence-electron chi connectivity index (χ1n) is 10.1. The number of benzene rings is 1. The Morgan fingerprint density at radius 3 is 2.67 bits per heavy atom. The predicted molar refractivity (Wildman–Crippen MR) is 121 cm³/mol. The van der Waals surface area contributed by atoms with Gasteiger partial charge in [0.25, 0.3) is 11.9 Å². The first kappa shape index (κ1) is 22.2. The number of nitrogens with zero attached hydrogens (tertiary/aromatic N) is 3. The summed E-state index contributed by atoms with van der Waals surface area (Å²) in [5.41, 5.74) is 2.48. The molecule has 4 atom stereocenters. The quantitative estimate of drug-likeness (QED) is 0.564. The SMILES string of the molecule is CS(C)(=O)=NC(=O)c1ccc(-c2nc3nc(O[C@@H]4CO[C@H]5[C@@H]4OC[C@H]5O)[nH]c3cc2Cl)cc1. The lowest BCUT2D eigenvalue weighted by Gasteiger charge is -2.15. The van der Waals surface area contributed by atoms with Gasteiger partial charge in [0.2, 0.25) is 0 Å². The maximum atomic E-state index is 12.1. The van der Waals surface area contributed by atoms with Crippen LogP contribution in [0.4, 0.5) is 0 Å². The van der Waals surface area contributed by atoms with Crippen LogP contribution in [-0.2, 0) is 19.2 Å². The number of carbonyl (C=O) groups excluding carboxylic acids is 1. The summed E-state index contributed by atoms with van der Waals surface area (Å²) in [7, 11) is -2.54. The molecule has 2 aromatic heterocycles. The van der Waals surface area contributed by atoms with Crippen LogP contribution < -0.4 is 4.74 Å². The van der Waals surface area contributed by atoms with Gasteiger partial charge < -0.3 is 24.3 Å². The zero-order chi connectivity index (χ0) is 23.3. The molecule has 0 radical (unpaired) electrons. The van der Waals surface area contributed by atoms with E-state index < -0.39 is 33.9 Å². The summed E-state index contributed by atoms with van der Waals surface area (Å²) in [6.07, 6.45) is 0.985. The third-order valence-electron chi connectivity index (χ3n) is 5.36. The number of halogens is 1. The number of nitrogens with one attached hydrogen (secondary N) is 1. The highest BCUT2D eigenvalue weighted by molar-refractivity contribution is 7.92. The van der Waals surface area contributed by atoms with Crippen LogP contribution in [0, 0.1) is 0 Å². The maximum Gasteiger partial charge on any atom is 0.296 e. The second kappa shape index (κ2) is 8.33. The molecule has 10 nitrogen and oxygen atoms in total. The highest BCUT2D eigenvalue weighted by Crippen LogP contribution is 2.32. The van der Waals surface area contributed by atoms with Crippen molar-refractivity contribution in [3.8, 4) is 17.3 Å². The Labute approximate surface area is 194 Å². The van der Waals surface area contributed by atoms with Gasteiger partial charge in [-0.2, -0.15) is 9.35 Å². The van der Waals surface area contributed by atoms with E-state index in [0.717, 1.165) is 0 Å². The van der Waals surface area contributed by atoms with Gasteiger partial charge in [0.15, 0.2) is 11.8 Å². The molecule has 0 unspecified atom stereocenters. The van der Waals surface area contributed by atoms with Crippen molar-refractivity contribution in [1.82, 2.24) is 15.0 Å². The monoisotopic (exact) mass is 492 g/mol. The lowest BCUT2D eigenvalue weighted by atomic mass is 10.1. The van der Waals surface area contributed by atoms with Crippen LogP contribution in [0.1, 0.15) is 10.4 Å². The number of aromatic amines is 1. The molecular formula is C21H21ClN4O6S. The summed E-state index contributed by atoms with van der Waals surface area (Å²) < 4.78 is 32.5. The standard InChI is InChI=1S/C21H21ClN4O6S/c1-33(2,29)26-20(28)11-5-3-10(4-6-11)16-12(22)7-13-19(24-16)25-21(23-13)32-15-9-31-17-14(27)8-30-18(15)17/h3-7,14-15,17-18,27H,8-9H2,1-2H3,(H,23,24,25)/t14-,15-,17-,18-/m1/s1. The number of fused-ring (bicyclic) bond motifs is 2. The van der Waals surface area contributed by atoms with E-state index in [-0.39, 0.29) is 25.3 Å². The third-order valence-corrected chi connectivity index (χ3v) is 6.25.